The third-order valence-corrected chi connectivity index (χ3v) is 3.41. The van der Waals surface area contributed by atoms with Gasteiger partial charge in [-0.1, -0.05) is 54.1 Å². The van der Waals surface area contributed by atoms with Crippen molar-refractivity contribution in [2.45, 2.75) is 13.5 Å². The molecule has 0 saturated heterocycles. The van der Waals surface area contributed by atoms with Crippen LogP contribution >= 0.6 is 12.4 Å². The molecule has 0 radical (unpaired) electrons. The molecule has 22 heavy (non-hydrogen) atoms. The highest BCUT2D eigenvalue weighted by Gasteiger charge is 2.14. The average molecular weight is 315 g/mol. The number of benzene rings is 2. The van der Waals surface area contributed by atoms with E-state index in [1.165, 1.54) is 5.56 Å². The van der Waals surface area contributed by atoms with Gasteiger partial charge in [0.1, 0.15) is 0 Å². The van der Waals surface area contributed by atoms with Gasteiger partial charge >= 0.3 is 0 Å². The zero-order chi connectivity index (χ0) is 14.7. The maximum Gasteiger partial charge on any atom is 0.164 e. The topological polar surface area (TPSA) is 56.7 Å². The summed E-state index contributed by atoms with van der Waals surface area (Å²) >= 11 is 0. The number of rotatable bonds is 4. The fraction of sp³-hybridized carbons (Fsp3) is 0.176. The van der Waals surface area contributed by atoms with E-state index in [9.17, 15) is 0 Å². The van der Waals surface area contributed by atoms with Crippen molar-refractivity contribution in [3.63, 3.8) is 0 Å². The van der Waals surface area contributed by atoms with E-state index in [4.69, 9.17) is 5.73 Å². The van der Waals surface area contributed by atoms with Crippen LogP contribution in [0.15, 0.2) is 54.6 Å². The number of hydrogen-bond acceptors (Lipinski definition) is 3. The van der Waals surface area contributed by atoms with E-state index in [1.807, 2.05) is 36.4 Å². The zero-order valence-corrected chi connectivity index (χ0v) is 13.3. The zero-order valence-electron chi connectivity index (χ0n) is 12.4. The Hall–Kier alpha value is -2.17. The molecule has 1 heterocycles. The second-order valence-corrected chi connectivity index (χ2v) is 5.02. The van der Waals surface area contributed by atoms with Gasteiger partial charge in [-0.2, -0.15) is 0 Å². The first kappa shape index (κ1) is 16.2. The first-order valence-electron chi connectivity index (χ1n) is 7.05. The molecular formula is C17H19ClN4. The lowest BCUT2D eigenvalue weighted by molar-refractivity contribution is 0.719. The van der Waals surface area contributed by atoms with E-state index in [0.29, 0.717) is 13.1 Å². The van der Waals surface area contributed by atoms with Gasteiger partial charge in [0.15, 0.2) is 11.6 Å². The van der Waals surface area contributed by atoms with Crippen LogP contribution in [0, 0.1) is 6.92 Å². The summed E-state index contributed by atoms with van der Waals surface area (Å²) in [5.74, 6) is 1.72. The molecule has 2 N–H and O–H groups in total. The van der Waals surface area contributed by atoms with Gasteiger partial charge in [0.05, 0.1) is 0 Å². The van der Waals surface area contributed by atoms with Crippen LogP contribution in [0.2, 0.25) is 0 Å². The van der Waals surface area contributed by atoms with Gasteiger partial charge in [-0.25, -0.2) is 0 Å². The minimum atomic E-state index is 0. The number of nitrogens with zero attached hydrogens (tertiary/aromatic N) is 3. The molecule has 3 aromatic rings. The van der Waals surface area contributed by atoms with Crippen molar-refractivity contribution in [3.05, 3.63) is 60.2 Å². The second kappa shape index (κ2) is 7.20. The highest BCUT2D eigenvalue weighted by molar-refractivity contribution is 5.85. The predicted molar refractivity (Wildman–Crippen MR) is 91.9 cm³/mol. The third kappa shape index (κ3) is 3.18. The van der Waals surface area contributed by atoms with Crippen molar-refractivity contribution in [3.8, 4) is 22.8 Å². The standard InChI is InChI=1S/C17H18N4.ClH/c1-13-6-5-9-15(12-13)17-20-19-16(21(17)11-10-18)14-7-3-2-4-8-14;/h2-9,12H,10-11,18H2,1H3;1H. The summed E-state index contributed by atoms with van der Waals surface area (Å²) in [6, 6.07) is 18.4. The highest BCUT2D eigenvalue weighted by Crippen LogP contribution is 2.24. The monoisotopic (exact) mass is 314 g/mol. The van der Waals surface area contributed by atoms with Gasteiger partial charge in [-0.05, 0) is 13.0 Å². The van der Waals surface area contributed by atoms with E-state index in [0.717, 1.165) is 22.8 Å². The Morgan fingerprint density at radius 1 is 0.909 bits per heavy atom. The van der Waals surface area contributed by atoms with Crippen molar-refractivity contribution >= 4 is 12.4 Å². The average Bonchev–Trinajstić information content (AvgIpc) is 2.92. The molecule has 0 aliphatic heterocycles. The van der Waals surface area contributed by atoms with Crippen molar-refractivity contribution in [1.29, 1.82) is 0 Å². The van der Waals surface area contributed by atoms with Crippen LogP contribution in [-0.2, 0) is 6.54 Å². The van der Waals surface area contributed by atoms with Gasteiger partial charge in [0.25, 0.3) is 0 Å². The van der Waals surface area contributed by atoms with E-state index < -0.39 is 0 Å². The molecule has 0 bridgehead atoms. The van der Waals surface area contributed by atoms with Crippen LogP contribution < -0.4 is 5.73 Å². The summed E-state index contributed by atoms with van der Waals surface area (Å²) in [5.41, 5.74) is 9.09. The van der Waals surface area contributed by atoms with Crippen molar-refractivity contribution in [2.75, 3.05) is 6.54 Å². The van der Waals surface area contributed by atoms with E-state index in [1.54, 1.807) is 0 Å². The van der Waals surface area contributed by atoms with Crippen LogP contribution in [0.25, 0.3) is 22.8 Å². The number of nitrogens with two attached hydrogens (primary N) is 1. The van der Waals surface area contributed by atoms with Crippen LogP contribution in [-0.4, -0.2) is 21.3 Å². The van der Waals surface area contributed by atoms with Crippen LogP contribution in [0.5, 0.6) is 0 Å². The molecule has 0 saturated carbocycles. The predicted octanol–water partition coefficient (Wildman–Crippen LogP) is 3.30. The van der Waals surface area contributed by atoms with Crippen molar-refractivity contribution in [1.82, 2.24) is 14.8 Å². The molecule has 4 nitrogen and oxygen atoms in total. The fourth-order valence-electron chi connectivity index (χ4n) is 2.44. The Morgan fingerprint density at radius 2 is 1.55 bits per heavy atom. The number of halogens is 1. The molecule has 2 aromatic carbocycles. The molecule has 0 amide bonds. The van der Waals surface area contributed by atoms with Crippen molar-refractivity contribution in [2.24, 2.45) is 5.73 Å². The van der Waals surface area contributed by atoms with E-state index >= 15 is 0 Å². The maximum absolute atomic E-state index is 5.77. The molecular weight excluding hydrogens is 296 g/mol. The van der Waals surface area contributed by atoms with Gasteiger partial charge in [-0.3, -0.25) is 0 Å². The molecule has 0 aliphatic rings. The first-order chi connectivity index (χ1) is 10.3. The molecule has 3 rings (SSSR count). The lowest BCUT2D eigenvalue weighted by Crippen LogP contribution is -2.12. The summed E-state index contributed by atoms with van der Waals surface area (Å²) < 4.78 is 2.09. The summed E-state index contributed by atoms with van der Waals surface area (Å²) in [5, 5.41) is 8.75. The van der Waals surface area contributed by atoms with Gasteiger partial charge in [-0.15, -0.1) is 22.6 Å². The summed E-state index contributed by atoms with van der Waals surface area (Å²) in [4.78, 5) is 0. The van der Waals surface area contributed by atoms with Crippen LogP contribution in [0.3, 0.4) is 0 Å². The highest BCUT2D eigenvalue weighted by atomic mass is 35.5. The third-order valence-electron chi connectivity index (χ3n) is 3.41. The molecule has 0 unspecified atom stereocenters. The Bertz CT molecular complexity index is 737. The Morgan fingerprint density at radius 3 is 2.18 bits per heavy atom. The quantitative estimate of drug-likeness (QED) is 0.804. The van der Waals surface area contributed by atoms with Crippen LogP contribution in [0.4, 0.5) is 0 Å². The normalized spacial score (nSPS) is 10.3. The largest absolute Gasteiger partial charge is 0.329 e. The SMILES string of the molecule is Cc1cccc(-c2nnc(-c3ccccc3)n2CCN)c1.Cl. The number of hydrogen-bond donors (Lipinski definition) is 1. The molecule has 114 valence electrons. The molecule has 0 aliphatic carbocycles. The second-order valence-electron chi connectivity index (χ2n) is 5.02. The Balaban J connectivity index is 0.00000176. The first-order valence-corrected chi connectivity index (χ1v) is 7.05. The summed E-state index contributed by atoms with van der Waals surface area (Å²) in [6.45, 7) is 3.32. The summed E-state index contributed by atoms with van der Waals surface area (Å²) in [6.07, 6.45) is 0. The van der Waals surface area contributed by atoms with Crippen molar-refractivity contribution < 1.29 is 0 Å². The van der Waals surface area contributed by atoms with E-state index in [-0.39, 0.29) is 12.4 Å². The van der Waals surface area contributed by atoms with Gasteiger partial charge in [0.2, 0.25) is 0 Å². The number of aryl methyl sites for hydroxylation is 1. The maximum atomic E-state index is 5.77. The Labute approximate surface area is 136 Å². The molecule has 1 aromatic heterocycles. The minimum Gasteiger partial charge on any atom is -0.329 e. The Kier molecular flexibility index (Phi) is 5.31. The summed E-state index contributed by atoms with van der Waals surface area (Å²) in [7, 11) is 0. The lowest BCUT2D eigenvalue weighted by atomic mass is 10.1. The molecule has 0 spiro atoms. The van der Waals surface area contributed by atoms with E-state index in [2.05, 4.69) is 39.9 Å². The molecule has 0 fully saturated rings. The van der Waals surface area contributed by atoms with Gasteiger partial charge in [0, 0.05) is 24.2 Å². The van der Waals surface area contributed by atoms with Gasteiger partial charge < -0.3 is 10.3 Å². The smallest absolute Gasteiger partial charge is 0.164 e. The lowest BCUT2D eigenvalue weighted by Gasteiger charge is -2.09. The minimum absolute atomic E-state index is 0. The molecule has 0 atom stereocenters. The molecule has 5 heteroatoms. The fourth-order valence-corrected chi connectivity index (χ4v) is 2.44. The van der Waals surface area contributed by atoms with Crippen LogP contribution in [0.1, 0.15) is 5.56 Å². The number of aromatic nitrogens is 3.